The number of hydrogen-bond acceptors (Lipinski definition) is 4. The molecule has 0 radical (unpaired) electrons. The molecular formula is C14H13N3O2. The van der Waals surface area contributed by atoms with E-state index in [0.29, 0.717) is 12.3 Å². The van der Waals surface area contributed by atoms with Crippen molar-refractivity contribution in [3.63, 3.8) is 0 Å². The van der Waals surface area contributed by atoms with Gasteiger partial charge in [-0.25, -0.2) is 4.40 Å². The number of rotatable bonds is 3. The Balaban J connectivity index is 2.06. The summed E-state index contributed by atoms with van der Waals surface area (Å²) in [6.45, 7) is 0. The third-order valence-electron chi connectivity index (χ3n) is 2.94. The normalized spacial score (nSPS) is 10.8. The molecule has 19 heavy (non-hydrogen) atoms. The number of pyridine rings is 1. The Hall–Kier alpha value is -2.56. The van der Waals surface area contributed by atoms with Gasteiger partial charge in [0.2, 0.25) is 5.88 Å². The van der Waals surface area contributed by atoms with E-state index in [9.17, 15) is 5.11 Å². The number of nitrogens with zero attached hydrogens (tertiary/aromatic N) is 3. The predicted molar refractivity (Wildman–Crippen MR) is 70.5 cm³/mol. The molecule has 0 atom stereocenters. The van der Waals surface area contributed by atoms with Gasteiger partial charge >= 0.3 is 0 Å². The Morgan fingerprint density at radius 1 is 1.16 bits per heavy atom. The van der Waals surface area contributed by atoms with Gasteiger partial charge in [-0.1, -0.05) is 18.2 Å². The summed E-state index contributed by atoms with van der Waals surface area (Å²) in [6.07, 6.45) is 0.579. The molecule has 0 aliphatic carbocycles. The lowest BCUT2D eigenvalue weighted by Gasteiger charge is -2.06. The van der Waals surface area contributed by atoms with E-state index in [1.807, 2.05) is 34.7 Å². The topological polar surface area (TPSA) is 59.7 Å². The number of aromatic nitrogens is 3. The quantitative estimate of drug-likeness (QED) is 0.778. The van der Waals surface area contributed by atoms with Crippen LogP contribution in [-0.2, 0) is 6.42 Å². The van der Waals surface area contributed by atoms with Gasteiger partial charge in [0.25, 0.3) is 0 Å². The van der Waals surface area contributed by atoms with Crippen LogP contribution in [0.15, 0.2) is 42.5 Å². The largest absolute Gasteiger partial charge is 0.508 e. The van der Waals surface area contributed by atoms with Crippen LogP contribution in [0.25, 0.3) is 5.65 Å². The third-order valence-corrected chi connectivity index (χ3v) is 2.94. The van der Waals surface area contributed by atoms with Gasteiger partial charge in [0.05, 0.1) is 7.11 Å². The van der Waals surface area contributed by atoms with Crippen LogP contribution in [0.4, 0.5) is 0 Å². The van der Waals surface area contributed by atoms with E-state index >= 15 is 0 Å². The maximum Gasteiger partial charge on any atom is 0.200 e. The summed E-state index contributed by atoms with van der Waals surface area (Å²) in [6, 6.07) is 12.7. The molecule has 1 N–H and O–H groups in total. The average molecular weight is 255 g/mol. The second-order valence-corrected chi connectivity index (χ2v) is 4.22. The number of benzene rings is 1. The highest BCUT2D eigenvalue weighted by Gasteiger charge is 2.10. The standard InChI is InChI=1S/C14H13N3O2/c1-19-14-7-3-6-12-15-16-13(17(12)14)9-10-4-2-5-11(18)8-10/h2-8,18H,9H2,1H3. The Kier molecular flexibility index (Phi) is 2.79. The highest BCUT2D eigenvalue weighted by molar-refractivity contribution is 5.43. The Morgan fingerprint density at radius 2 is 2.00 bits per heavy atom. The summed E-state index contributed by atoms with van der Waals surface area (Å²) in [5, 5.41) is 17.8. The zero-order valence-corrected chi connectivity index (χ0v) is 10.4. The molecule has 2 aromatic heterocycles. The van der Waals surface area contributed by atoms with Gasteiger partial charge in [-0.3, -0.25) is 0 Å². The fraction of sp³-hybridized carbons (Fsp3) is 0.143. The van der Waals surface area contributed by atoms with Gasteiger partial charge in [0.15, 0.2) is 5.65 Å². The molecule has 0 amide bonds. The van der Waals surface area contributed by atoms with Gasteiger partial charge in [-0.05, 0) is 29.8 Å². The van der Waals surface area contributed by atoms with E-state index in [4.69, 9.17) is 4.74 Å². The number of phenols is 1. The average Bonchev–Trinajstić information content (AvgIpc) is 2.82. The molecule has 96 valence electrons. The van der Waals surface area contributed by atoms with Gasteiger partial charge in [-0.2, -0.15) is 0 Å². The highest BCUT2D eigenvalue weighted by Crippen LogP contribution is 2.19. The Labute approximate surface area is 110 Å². The predicted octanol–water partition coefficient (Wildman–Crippen LogP) is 2.03. The maximum atomic E-state index is 9.49. The van der Waals surface area contributed by atoms with Crippen LogP contribution in [-0.4, -0.2) is 26.8 Å². The lowest BCUT2D eigenvalue weighted by molar-refractivity contribution is 0.390. The van der Waals surface area contributed by atoms with Crippen molar-refractivity contribution in [2.45, 2.75) is 6.42 Å². The summed E-state index contributed by atoms with van der Waals surface area (Å²) < 4.78 is 7.19. The monoisotopic (exact) mass is 255 g/mol. The first kappa shape index (κ1) is 11.5. The molecule has 0 spiro atoms. The zero-order valence-electron chi connectivity index (χ0n) is 10.4. The van der Waals surface area contributed by atoms with Gasteiger partial charge in [0.1, 0.15) is 11.6 Å². The van der Waals surface area contributed by atoms with Crippen molar-refractivity contribution >= 4 is 5.65 Å². The first-order valence-corrected chi connectivity index (χ1v) is 5.93. The Morgan fingerprint density at radius 3 is 2.79 bits per heavy atom. The number of fused-ring (bicyclic) bond motifs is 1. The summed E-state index contributed by atoms with van der Waals surface area (Å²) in [5.74, 6) is 1.72. The van der Waals surface area contributed by atoms with E-state index in [-0.39, 0.29) is 5.75 Å². The van der Waals surface area contributed by atoms with Crippen molar-refractivity contribution in [1.29, 1.82) is 0 Å². The van der Waals surface area contributed by atoms with Gasteiger partial charge < -0.3 is 9.84 Å². The van der Waals surface area contributed by atoms with Crippen molar-refractivity contribution in [3.05, 3.63) is 53.9 Å². The van der Waals surface area contributed by atoms with Crippen LogP contribution in [0.2, 0.25) is 0 Å². The summed E-state index contributed by atoms with van der Waals surface area (Å²) in [5.41, 5.74) is 1.72. The third kappa shape index (κ3) is 2.10. The number of hydrogen-bond donors (Lipinski definition) is 1. The second kappa shape index (κ2) is 4.61. The van der Waals surface area contributed by atoms with E-state index in [1.165, 1.54) is 0 Å². The molecule has 0 unspecified atom stereocenters. The number of phenolic OH excluding ortho intramolecular Hbond substituents is 1. The lowest BCUT2D eigenvalue weighted by atomic mass is 10.1. The number of ether oxygens (including phenoxy) is 1. The van der Waals surface area contributed by atoms with Crippen molar-refractivity contribution in [2.24, 2.45) is 0 Å². The molecule has 3 rings (SSSR count). The van der Waals surface area contributed by atoms with Crippen LogP contribution >= 0.6 is 0 Å². The molecule has 0 saturated carbocycles. The summed E-state index contributed by atoms with van der Waals surface area (Å²) >= 11 is 0. The van der Waals surface area contributed by atoms with Crippen LogP contribution in [0.1, 0.15) is 11.4 Å². The Bertz CT molecular complexity index is 722. The first-order valence-electron chi connectivity index (χ1n) is 5.93. The molecule has 0 saturated heterocycles. The molecule has 0 bridgehead atoms. The van der Waals surface area contributed by atoms with E-state index in [2.05, 4.69) is 10.2 Å². The van der Waals surface area contributed by atoms with Crippen LogP contribution < -0.4 is 4.74 Å². The van der Waals surface area contributed by atoms with Crippen LogP contribution in [0.3, 0.4) is 0 Å². The molecule has 0 aliphatic heterocycles. The van der Waals surface area contributed by atoms with Crippen molar-refractivity contribution in [2.75, 3.05) is 7.11 Å². The molecule has 3 aromatic rings. The van der Waals surface area contributed by atoms with Gasteiger partial charge in [-0.15, -0.1) is 10.2 Å². The number of aromatic hydroxyl groups is 1. The van der Waals surface area contributed by atoms with Crippen molar-refractivity contribution in [3.8, 4) is 11.6 Å². The first-order chi connectivity index (χ1) is 9.28. The van der Waals surface area contributed by atoms with E-state index in [0.717, 1.165) is 17.0 Å². The molecule has 2 heterocycles. The molecule has 0 aliphatic rings. The maximum absolute atomic E-state index is 9.49. The zero-order chi connectivity index (χ0) is 13.2. The SMILES string of the molecule is COc1cccc2nnc(Cc3cccc(O)c3)n12. The van der Waals surface area contributed by atoms with E-state index in [1.54, 1.807) is 19.2 Å². The minimum Gasteiger partial charge on any atom is -0.508 e. The molecule has 5 heteroatoms. The second-order valence-electron chi connectivity index (χ2n) is 4.22. The highest BCUT2D eigenvalue weighted by atomic mass is 16.5. The lowest BCUT2D eigenvalue weighted by Crippen LogP contribution is -2.00. The summed E-state index contributed by atoms with van der Waals surface area (Å²) in [4.78, 5) is 0. The molecular weight excluding hydrogens is 242 g/mol. The minimum absolute atomic E-state index is 0.248. The smallest absolute Gasteiger partial charge is 0.200 e. The molecule has 0 fully saturated rings. The summed E-state index contributed by atoms with van der Waals surface area (Å²) in [7, 11) is 1.62. The van der Waals surface area contributed by atoms with Crippen molar-refractivity contribution < 1.29 is 9.84 Å². The molecule has 1 aromatic carbocycles. The van der Waals surface area contributed by atoms with Crippen molar-refractivity contribution in [1.82, 2.24) is 14.6 Å². The van der Waals surface area contributed by atoms with Crippen LogP contribution in [0.5, 0.6) is 11.6 Å². The van der Waals surface area contributed by atoms with Crippen LogP contribution in [0, 0.1) is 0 Å². The fourth-order valence-corrected chi connectivity index (χ4v) is 2.09. The van der Waals surface area contributed by atoms with E-state index < -0.39 is 0 Å². The minimum atomic E-state index is 0.248. The molecule has 5 nitrogen and oxygen atoms in total. The fourth-order valence-electron chi connectivity index (χ4n) is 2.09. The number of methoxy groups -OCH3 is 1. The van der Waals surface area contributed by atoms with Gasteiger partial charge in [0, 0.05) is 6.42 Å².